The van der Waals surface area contributed by atoms with Gasteiger partial charge in [0, 0.05) is 6.20 Å². The number of nitrogens with one attached hydrogen (secondary N) is 3. The molecule has 0 atom stereocenters. The fraction of sp³-hybridized carbons (Fsp3) is 0.0667. The van der Waals surface area contributed by atoms with Gasteiger partial charge in [0.25, 0.3) is 0 Å². The van der Waals surface area contributed by atoms with E-state index < -0.39 is 0 Å². The average Bonchev–Trinajstić information content (AvgIpc) is 2.60. The van der Waals surface area contributed by atoms with Crippen LogP contribution < -0.4 is 16.2 Å². The first-order valence-corrected chi connectivity index (χ1v) is 8.24. The molecule has 25 heavy (non-hydrogen) atoms. The largest absolute Gasteiger partial charge is 0.328 e. The SMILES string of the molecule is CC(NNC(=S)N=NC(=S)Nc1ccccc1Cl)=C1C=CC=CN1O. The summed E-state index contributed by atoms with van der Waals surface area (Å²) in [5, 5.41) is 21.9. The molecule has 1 aliphatic rings. The molecule has 2 rings (SSSR count). The van der Waals surface area contributed by atoms with E-state index in [9.17, 15) is 5.21 Å². The molecule has 7 nitrogen and oxygen atoms in total. The van der Waals surface area contributed by atoms with Crippen molar-refractivity contribution in [2.75, 3.05) is 5.32 Å². The third-order valence-corrected chi connectivity index (χ3v) is 3.62. The Labute approximate surface area is 160 Å². The number of hydrogen-bond donors (Lipinski definition) is 4. The van der Waals surface area contributed by atoms with Crippen LogP contribution in [0.4, 0.5) is 5.69 Å². The number of anilines is 1. The number of allylic oxidation sites excluding steroid dienone is 4. The number of rotatable bonds is 3. The molecule has 0 aromatic heterocycles. The molecule has 4 N–H and O–H groups in total. The fourth-order valence-electron chi connectivity index (χ4n) is 1.76. The topological polar surface area (TPSA) is 84.3 Å². The Morgan fingerprint density at radius 3 is 2.56 bits per heavy atom. The Hall–Kier alpha value is -2.33. The number of hydrazine groups is 1. The normalized spacial score (nSPS) is 15.2. The molecule has 0 radical (unpaired) electrons. The molecule has 10 heteroatoms. The third kappa shape index (κ3) is 5.91. The highest BCUT2D eigenvalue weighted by molar-refractivity contribution is 7.80. The van der Waals surface area contributed by atoms with Crippen LogP contribution in [0.2, 0.25) is 5.02 Å². The summed E-state index contributed by atoms with van der Waals surface area (Å²) in [5.74, 6) is 0. The van der Waals surface area contributed by atoms with Crippen molar-refractivity contribution >= 4 is 51.9 Å². The van der Waals surface area contributed by atoms with Crippen LogP contribution in [-0.2, 0) is 0 Å². The highest BCUT2D eigenvalue weighted by atomic mass is 35.5. The summed E-state index contributed by atoms with van der Waals surface area (Å²) in [4.78, 5) is 0. The van der Waals surface area contributed by atoms with E-state index in [1.165, 1.54) is 6.20 Å². The van der Waals surface area contributed by atoms with E-state index in [1.807, 2.05) is 12.1 Å². The van der Waals surface area contributed by atoms with E-state index in [1.54, 1.807) is 37.3 Å². The Bertz CT molecular complexity index is 790. The number of thiocarbonyl (C=S) groups is 2. The van der Waals surface area contributed by atoms with Gasteiger partial charge in [0.1, 0.15) is 0 Å². The molecule has 0 spiro atoms. The zero-order valence-electron chi connectivity index (χ0n) is 13.1. The van der Waals surface area contributed by atoms with E-state index >= 15 is 0 Å². The number of nitrogens with zero attached hydrogens (tertiary/aromatic N) is 3. The molecule has 0 aliphatic carbocycles. The fourth-order valence-corrected chi connectivity index (χ4v) is 2.19. The molecule has 1 aromatic rings. The van der Waals surface area contributed by atoms with Gasteiger partial charge in [-0.05, 0) is 55.6 Å². The van der Waals surface area contributed by atoms with E-state index in [2.05, 4.69) is 26.4 Å². The van der Waals surface area contributed by atoms with Gasteiger partial charge in [0.2, 0.25) is 10.2 Å². The zero-order chi connectivity index (χ0) is 18.2. The minimum Gasteiger partial charge on any atom is -0.328 e. The molecule has 0 saturated heterocycles. The quantitative estimate of drug-likeness (QED) is 0.352. The van der Waals surface area contributed by atoms with Crippen molar-refractivity contribution in [3.63, 3.8) is 0 Å². The molecule has 1 aliphatic heterocycles. The maximum atomic E-state index is 9.70. The smallest absolute Gasteiger partial charge is 0.232 e. The number of hydrogen-bond acceptors (Lipinski definition) is 5. The van der Waals surface area contributed by atoms with Gasteiger partial charge in [-0.15, -0.1) is 10.2 Å². The second kappa shape index (κ2) is 9.23. The number of benzene rings is 1. The third-order valence-electron chi connectivity index (χ3n) is 2.93. The van der Waals surface area contributed by atoms with Crippen LogP contribution in [0, 0.1) is 0 Å². The molecule has 0 fully saturated rings. The summed E-state index contributed by atoms with van der Waals surface area (Å²) in [5.41, 5.74) is 7.34. The van der Waals surface area contributed by atoms with E-state index in [0.29, 0.717) is 22.1 Å². The van der Waals surface area contributed by atoms with Crippen LogP contribution in [0.1, 0.15) is 6.92 Å². The van der Waals surface area contributed by atoms with Crippen molar-refractivity contribution in [2.24, 2.45) is 10.2 Å². The highest BCUT2D eigenvalue weighted by Crippen LogP contribution is 2.20. The summed E-state index contributed by atoms with van der Waals surface area (Å²) >= 11 is 16.1. The van der Waals surface area contributed by atoms with Gasteiger partial charge in [-0.25, -0.2) is 5.06 Å². The van der Waals surface area contributed by atoms with Crippen molar-refractivity contribution in [3.8, 4) is 0 Å². The van der Waals surface area contributed by atoms with E-state index in [-0.39, 0.29) is 10.2 Å². The second-order valence-electron chi connectivity index (χ2n) is 4.72. The van der Waals surface area contributed by atoms with Gasteiger partial charge in [-0.2, -0.15) is 0 Å². The van der Waals surface area contributed by atoms with Crippen molar-refractivity contribution in [2.45, 2.75) is 6.92 Å². The molecule has 0 saturated carbocycles. The Balaban J connectivity index is 1.85. The summed E-state index contributed by atoms with van der Waals surface area (Å²) in [6.45, 7) is 1.76. The standard InChI is InChI=1S/C15H15ClN6OS2/c1-10(13-8-4-5-9-22(13)23)18-20-15(25)21-19-14(24)17-12-7-3-2-6-11(12)16/h2-9,18,23H,1H3,(H,17,24)(H,20,25). The lowest BCUT2D eigenvalue weighted by Crippen LogP contribution is -2.35. The van der Waals surface area contributed by atoms with Crippen LogP contribution in [0.15, 0.2) is 70.3 Å². The molecule has 1 heterocycles. The molecule has 130 valence electrons. The van der Waals surface area contributed by atoms with Crippen molar-refractivity contribution in [3.05, 3.63) is 65.1 Å². The predicted molar refractivity (Wildman–Crippen MR) is 106 cm³/mol. The Morgan fingerprint density at radius 2 is 1.84 bits per heavy atom. The van der Waals surface area contributed by atoms with Crippen LogP contribution >= 0.6 is 36.0 Å². The molecule has 0 bridgehead atoms. The highest BCUT2D eigenvalue weighted by Gasteiger charge is 2.07. The number of hydroxylamine groups is 2. The van der Waals surface area contributed by atoms with Crippen LogP contribution in [-0.4, -0.2) is 20.5 Å². The van der Waals surface area contributed by atoms with Crippen molar-refractivity contribution in [1.82, 2.24) is 15.9 Å². The van der Waals surface area contributed by atoms with Crippen LogP contribution in [0.3, 0.4) is 0 Å². The first-order chi connectivity index (χ1) is 12.0. The second-order valence-corrected chi connectivity index (χ2v) is 5.90. The zero-order valence-corrected chi connectivity index (χ0v) is 15.5. The van der Waals surface area contributed by atoms with Gasteiger partial charge in [0.05, 0.1) is 22.1 Å². The molecule has 1 aromatic carbocycles. The van der Waals surface area contributed by atoms with Crippen molar-refractivity contribution < 1.29 is 5.21 Å². The minimum absolute atomic E-state index is 0.0723. The summed E-state index contributed by atoms with van der Waals surface area (Å²) in [7, 11) is 0. The molecular weight excluding hydrogens is 380 g/mol. The van der Waals surface area contributed by atoms with Crippen molar-refractivity contribution in [1.29, 1.82) is 0 Å². The van der Waals surface area contributed by atoms with Gasteiger partial charge in [-0.3, -0.25) is 10.6 Å². The lowest BCUT2D eigenvalue weighted by molar-refractivity contribution is -0.00193. The van der Waals surface area contributed by atoms with E-state index in [4.69, 9.17) is 36.0 Å². The minimum atomic E-state index is 0.0723. The lowest BCUT2D eigenvalue weighted by atomic mass is 10.2. The summed E-state index contributed by atoms with van der Waals surface area (Å²) < 4.78 is 0. The molecule has 0 unspecified atom stereocenters. The lowest BCUT2D eigenvalue weighted by Gasteiger charge is -2.19. The molecule has 0 amide bonds. The maximum Gasteiger partial charge on any atom is 0.232 e. The van der Waals surface area contributed by atoms with Gasteiger partial charge >= 0.3 is 0 Å². The molecular formula is C15H15ClN6OS2. The van der Waals surface area contributed by atoms with Gasteiger partial charge in [-0.1, -0.05) is 29.8 Å². The Morgan fingerprint density at radius 1 is 1.12 bits per heavy atom. The summed E-state index contributed by atoms with van der Waals surface area (Å²) in [6.07, 6.45) is 6.74. The number of azo groups is 1. The van der Waals surface area contributed by atoms with Crippen LogP contribution in [0.5, 0.6) is 0 Å². The number of para-hydroxylation sites is 1. The first kappa shape index (κ1) is 19.0. The van der Waals surface area contributed by atoms with E-state index in [0.717, 1.165) is 5.06 Å². The first-order valence-electron chi connectivity index (χ1n) is 7.04. The Kier molecular flexibility index (Phi) is 7.02. The van der Waals surface area contributed by atoms with Gasteiger partial charge < -0.3 is 10.7 Å². The summed E-state index contributed by atoms with van der Waals surface area (Å²) in [6, 6.07) is 7.13. The monoisotopic (exact) mass is 394 g/mol. The predicted octanol–water partition coefficient (Wildman–Crippen LogP) is 3.87. The average molecular weight is 395 g/mol. The maximum absolute atomic E-state index is 9.70. The number of halogens is 1. The van der Waals surface area contributed by atoms with Gasteiger partial charge in [0.15, 0.2) is 0 Å². The van der Waals surface area contributed by atoms with Crippen LogP contribution in [0.25, 0.3) is 0 Å².